The zero-order chi connectivity index (χ0) is 76.0. The topological polar surface area (TPSA) is 237 Å². The molecule has 0 aromatic carbocycles. The number of carbonyl (C=O) groups is 4. The van der Waals surface area contributed by atoms with Crippen molar-refractivity contribution in [2.75, 3.05) is 39.6 Å². The van der Waals surface area contributed by atoms with E-state index >= 15 is 0 Å². The summed E-state index contributed by atoms with van der Waals surface area (Å²) in [5.41, 5.74) is 0. The van der Waals surface area contributed by atoms with Crippen molar-refractivity contribution in [3.05, 3.63) is 109 Å². The summed E-state index contributed by atoms with van der Waals surface area (Å²) in [7, 11) is -9.98. The second kappa shape index (κ2) is 76.9. The third-order valence-electron chi connectivity index (χ3n) is 17.2. The Morgan fingerprint density at radius 2 is 0.500 bits per heavy atom. The molecule has 0 saturated heterocycles. The number of hydrogen-bond acceptors (Lipinski definition) is 15. The third-order valence-corrected chi connectivity index (χ3v) is 19.1. The Bertz CT molecular complexity index is 2390. The molecule has 5 atom stereocenters. The lowest BCUT2D eigenvalue weighted by Crippen LogP contribution is -2.30. The van der Waals surface area contributed by atoms with E-state index in [0.29, 0.717) is 25.7 Å². The largest absolute Gasteiger partial charge is 0.472 e. The molecule has 0 aromatic rings. The average Bonchev–Trinajstić information content (AvgIpc) is 0.943. The highest BCUT2D eigenvalue weighted by molar-refractivity contribution is 7.47. The zero-order valence-electron chi connectivity index (χ0n) is 65.7. The van der Waals surface area contributed by atoms with Crippen LogP contribution in [0.1, 0.15) is 349 Å². The van der Waals surface area contributed by atoms with E-state index < -0.39 is 97.5 Å². The molecule has 104 heavy (non-hydrogen) atoms. The van der Waals surface area contributed by atoms with Gasteiger partial charge in [0.05, 0.1) is 26.4 Å². The average molecular weight is 1500 g/mol. The first-order valence-electron chi connectivity index (χ1n) is 41.1. The first-order chi connectivity index (χ1) is 50.7. The van der Waals surface area contributed by atoms with Crippen LogP contribution < -0.4 is 0 Å². The molecule has 19 heteroatoms. The number of aliphatic hydroxyl groups is 1. The molecule has 0 aliphatic heterocycles. The van der Waals surface area contributed by atoms with Gasteiger partial charge in [-0.3, -0.25) is 37.3 Å². The van der Waals surface area contributed by atoms with Crippen LogP contribution in [0.5, 0.6) is 0 Å². The van der Waals surface area contributed by atoms with E-state index in [9.17, 15) is 43.2 Å². The molecule has 3 N–H and O–H groups in total. The van der Waals surface area contributed by atoms with Crippen molar-refractivity contribution in [3.8, 4) is 0 Å². The second-order valence-electron chi connectivity index (χ2n) is 27.3. The third kappa shape index (κ3) is 75.9. The molecule has 0 spiro atoms. The Hall–Kier alpha value is -4.28. The minimum Gasteiger partial charge on any atom is -0.462 e. The van der Waals surface area contributed by atoms with Gasteiger partial charge in [-0.1, -0.05) is 278 Å². The highest BCUT2D eigenvalue weighted by atomic mass is 31.2. The molecule has 600 valence electrons. The maximum absolute atomic E-state index is 13.1. The summed E-state index contributed by atoms with van der Waals surface area (Å²) >= 11 is 0. The second-order valence-corrected chi connectivity index (χ2v) is 30.2. The minimum atomic E-state index is -4.99. The Morgan fingerprint density at radius 1 is 0.279 bits per heavy atom. The molecule has 0 amide bonds. The summed E-state index contributed by atoms with van der Waals surface area (Å²) in [5.74, 6) is -2.23. The summed E-state index contributed by atoms with van der Waals surface area (Å²) in [6.07, 6.45) is 83.4. The van der Waals surface area contributed by atoms with Crippen LogP contribution in [0.3, 0.4) is 0 Å². The number of esters is 4. The fraction of sp³-hybridized carbons (Fsp3) is 0.741. The lowest BCUT2D eigenvalue weighted by molar-refractivity contribution is -0.161. The van der Waals surface area contributed by atoms with Crippen molar-refractivity contribution in [1.82, 2.24) is 0 Å². The first-order valence-corrected chi connectivity index (χ1v) is 44.1. The Balaban J connectivity index is 5.41. The van der Waals surface area contributed by atoms with E-state index in [-0.39, 0.29) is 25.7 Å². The maximum Gasteiger partial charge on any atom is 0.472 e. The highest BCUT2D eigenvalue weighted by Gasteiger charge is 2.30. The van der Waals surface area contributed by atoms with Gasteiger partial charge in [0.15, 0.2) is 12.2 Å². The normalized spacial score (nSPS) is 14.4. The SMILES string of the molecule is CC/C=C\C/C=C\C/C=C\C/C=C\C/C=C\CCCCCC(=O)O[C@H](COC(=O)CCCCCCCCC/C=C\CCCCCC)COP(=O)(O)OC[C@H](O)COP(=O)(O)OC[C@@H](COC(=O)CCCCCCC/C=C\C/C=C\CCCCC)OC(=O)CCCCCCC/C=C\CCCCCCCC. The standard InChI is InChI=1S/C85H148O17P2/c1-5-9-13-17-21-25-29-33-37-38-39-40-44-48-52-56-60-64-68-72-85(90)102-81(76-96-83(88)70-66-62-58-54-50-46-42-35-31-27-23-19-15-11-7-3)78-100-104(93,94)98-74-79(86)73-97-103(91,92)99-77-80(101-84(89)71-67-63-59-55-51-47-43-36-32-28-24-20-16-12-8-4)75-95-82(87)69-65-61-57-53-49-45-41-34-30-26-22-18-14-10-6-2/h9,13,21-22,25-27,31,33-34,36-37,39-41,43,48,52,79-81,86H,5-8,10-12,14-20,23-24,28-30,32,35,38,42,44-47,49-51,53-78H2,1-4H3,(H,91,92)(H,93,94)/b13-9-,25-21-,26-22-,31-27-,37-33-,40-39-,41-34-,43-36-,52-48-/t79-,80-,81-/m1/s1. The Morgan fingerprint density at radius 3 is 0.817 bits per heavy atom. The van der Waals surface area contributed by atoms with Crippen LogP contribution in [-0.4, -0.2) is 96.7 Å². The number of carbonyl (C=O) groups excluding carboxylic acids is 4. The summed E-state index contributed by atoms with van der Waals surface area (Å²) < 4.78 is 68.7. The van der Waals surface area contributed by atoms with Crippen molar-refractivity contribution in [1.29, 1.82) is 0 Å². The molecular formula is C85H148O17P2. The number of phosphoric acid groups is 2. The monoisotopic (exact) mass is 1500 g/mol. The Labute approximate surface area is 632 Å². The van der Waals surface area contributed by atoms with Gasteiger partial charge in [0.1, 0.15) is 19.3 Å². The van der Waals surface area contributed by atoms with Crippen LogP contribution in [0.25, 0.3) is 0 Å². The van der Waals surface area contributed by atoms with E-state index in [0.717, 1.165) is 173 Å². The van der Waals surface area contributed by atoms with Crippen LogP contribution in [0.15, 0.2) is 109 Å². The van der Waals surface area contributed by atoms with Gasteiger partial charge in [-0.05, 0) is 154 Å². The quantitative estimate of drug-likeness (QED) is 0.0169. The lowest BCUT2D eigenvalue weighted by atomic mass is 10.1. The maximum atomic E-state index is 13.1. The molecule has 0 aromatic heterocycles. The molecule has 17 nitrogen and oxygen atoms in total. The van der Waals surface area contributed by atoms with Crippen molar-refractivity contribution in [3.63, 3.8) is 0 Å². The van der Waals surface area contributed by atoms with Crippen LogP contribution in [0.4, 0.5) is 0 Å². The number of unbranched alkanes of at least 4 members (excludes halogenated alkanes) is 33. The van der Waals surface area contributed by atoms with Gasteiger partial charge in [0, 0.05) is 25.7 Å². The number of ether oxygens (including phenoxy) is 4. The molecule has 0 fully saturated rings. The van der Waals surface area contributed by atoms with Gasteiger partial charge in [0.25, 0.3) is 0 Å². The van der Waals surface area contributed by atoms with E-state index in [1.165, 1.54) is 96.3 Å². The minimum absolute atomic E-state index is 0.0540. The lowest BCUT2D eigenvalue weighted by Gasteiger charge is -2.21. The van der Waals surface area contributed by atoms with Crippen molar-refractivity contribution in [2.24, 2.45) is 0 Å². The van der Waals surface area contributed by atoms with Crippen molar-refractivity contribution < 1.29 is 80.2 Å². The summed E-state index contributed by atoms with van der Waals surface area (Å²) in [6, 6.07) is 0. The predicted molar refractivity (Wildman–Crippen MR) is 427 cm³/mol. The number of rotatable bonds is 77. The summed E-state index contributed by atoms with van der Waals surface area (Å²) in [5, 5.41) is 10.7. The van der Waals surface area contributed by atoms with Crippen molar-refractivity contribution >= 4 is 39.5 Å². The van der Waals surface area contributed by atoms with Crippen LogP contribution in [0.2, 0.25) is 0 Å². The molecule has 0 bridgehead atoms. The molecule has 0 rings (SSSR count). The van der Waals surface area contributed by atoms with Gasteiger partial charge < -0.3 is 33.8 Å². The Kier molecular flexibility index (Phi) is 73.7. The van der Waals surface area contributed by atoms with E-state index in [1.807, 2.05) is 0 Å². The molecule has 0 aliphatic rings. The van der Waals surface area contributed by atoms with E-state index in [2.05, 4.69) is 137 Å². The fourth-order valence-corrected chi connectivity index (χ4v) is 12.5. The smallest absolute Gasteiger partial charge is 0.462 e. The molecule has 0 aliphatic carbocycles. The molecule has 0 radical (unpaired) electrons. The zero-order valence-corrected chi connectivity index (χ0v) is 67.5. The van der Waals surface area contributed by atoms with Crippen LogP contribution in [0, 0.1) is 0 Å². The van der Waals surface area contributed by atoms with E-state index in [4.69, 9.17) is 37.0 Å². The highest BCUT2D eigenvalue weighted by Crippen LogP contribution is 2.45. The van der Waals surface area contributed by atoms with Gasteiger partial charge in [-0.2, -0.15) is 0 Å². The summed E-state index contributed by atoms with van der Waals surface area (Å²) in [6.45, 7) is 4.69. The molecule has 2 unspecified atom stereocenters. The number of aliphatic hydroxyl groups excluding tert-OH is 1. The van der Waals surface area contributed by atoms with Crippen LogP contribution in [-0.2, 0) is 65.4 Å². The van der Waals surface area contributed by atoms with Gasteiger partial charge in [-0.25, -0.2) is 9.13 Å². The predicted octanol–water partition coefficient (Wildman–Crippen LogP) is 24.1. The number of allylic oxidation sites excluding steroid dienone is 18. The molecule has 0 heterocycles. The number of hydrogen-bond donors (Lipinski definition) is 3. The van der Waals surface area contributed by atoms with Crippen LogP contribution >= 0.6 is 15.6 Å². The van der Waals surface area contributed by atoms with Gasteiger partial charge in [-0.15, -0.1) is 0 Å². The molecular weight excluding hydrogens is 1350 g/mol. The molecule has 0 saturated carbocycles. The van der Waals surface area contributed by atoms with Gasteiger partial charge >= 0.3 is 39.5 Å². The van der Waals surface area contributed by atoms with Crippen molar-refractivity contribution in [2.45, 2.75) is 367 Å². The number of phosphoric ester groups is 2. The van der Waals surface area contributed by atoms with E-state index in [1.54, 1.807) is 0 Å². The van der Waals surface area contributed by atoms with Gasteiger partial charge in [0.2, 0.25) is 0 Å². The fourth-order valence-electron chi connectivity index (χ4n) is 10.9. The summed E-state index contributed by atoms with van der Waals surface area (Å²) in [4.78, 5) is 73.1. The first kappa shape index (κ1) is 99.7.